The van der Waals surface area contributed by atoms with E-state index in [-0.39, 0.29) is 33.8 Å². The van der Waals surface area contributed by atoms with E-state index in [0.29, 0.717) is 30.9 Å². The van der Waals surface area contributed by atoms with Crippen LogP contribution < -0.4 is 10.6 Å². The van der Waals surface area contributed by atoms with Gasteiger partial charge in [0.2, 0.25) is 17.2 Å². The predicted molar refractivity (Wildman–Crippen MR) is 192 cm³/mol. The number of fused-ring (bicyclic) bond motifs is 1. The topological polar surface area (TPSA) is 141 Å². The highest BCUT2D eigenvalue weighted by molar-refractivity contribution is 8.00. The number of esters is 1. The summed E-state index contributed by atoms with van der Waals surface area (Å²) < 4.78 is 19.9. The van der Waals surface area contributed by atoms with E-state index in [0.717, 1.165) is 16.2 Å². The maximum atomic E-state index is 14.3. The van der Waals surface area contributed by atoms with Crippen LogP contribution in [-0.4, -0.2) is 66.9 Å². The number of ether oxygens (including phenoxy) is 1. The Morgan fingerprint density at radius 1 is 1.02 bits per heavy atom. The molecule has 2 aliphatic rings. The molecule has 0 bridgehead atoms. The molecule has 0 aliphatic carbocycles. The highest BCUT2D eigenvalue weighted by Gasteiger charge is 2.61. The molecular formula is C33H25Cl3N4O6S3. The van der Waals surface area contributed by atoms with E-state index in [9.17, 15) is 23.7 Å². The van der Waals surface area contributed by atoms with Crippen molar-refractivity contribution in [1.29, 1.82) is 0 Å². The number of rotatable bonds is 11. The molecule has 0 saturated carbocycles. The average molecular weight is 776 g/mol. The molecule has 1 aromatic heterocycles. The Morgan fingerprint density at radius 2 is 1.69 bits per heavy atom. The number of amides is 3. The second kappa shape index (κ2) is 15.5. The van der Waals surface area contributed by atoms with Crippen LogP contribution in [0.4, 0.5) is 5.13 Å². The van der Waals surface area contributed by atoms with Gasteiger partial charge in [-0.25, -0.2) is 9.78 Å². The number of halogens is 3. The van der Waals surface area contributed by atoms with Gasteiger partial charge in [0.05, 0.1) is 26.2 Å². The number of anilines is 1. The highest BCUT2D eigenvalue weighted by Crippen LogP contribution is 2.43. The van der Waals surface area contributed by atoms with Crippen LogP contribution in [0.1, 0.15) is 22.1 Å². The van der Waals surface area contributed by atoms with E-state index >= 15 is 0 Å². The van der Waals surface area contributed by atoms with Crippen molar-refractivity contribution < 1.29 is 28.5 Å². The van der Waals surface area contributed by atoms with Gasteiger partial charge in [-0.2, -0.15) is 0 Å². The highest BCUT2D eigenvalue weighted by atomic mass is 35.5. The number of nitrogens with one attached hydrogen (secondary N) is 2. The molecule has 10 nitrogen and oxygen atoms in total. The largest absolute Gasteiger partial charge is 0.614 e. The van der Waals surface area contributed by atoms with Gasteiger partial charge in [0.1, 0.15) is 17.3 Å². The molecular weight excluding hydrogens is 751 g/mol. The van der Waals surface area contributed by atoms with E-state index < -0.39 is 52.4 Å². The Kier molecular flexibility index (Phi) is 11.2. The third-order valence-corrected chi connectivity index (χ3v) is 12.0. The fraction of sp³-hybridized carbons (Fsp3) is 0.182. The molecule has 49 heavy (non-hydrogen) atoms. The van der Waals surface area contributed by atoms with Crippen molar-refractivity contribution in [3.05, 3.63) is 117 Å². The Bertz CT molecular complexity index is 1890. The Labute approximate surface area is 307 Å². The summed E-state index contributed by atoms with van der Waals surface area (Å²) in [6.45, 7) is 0. The lowest BCUT2D eigenvalue weighted by Gasteiger charge is -2.49. The number of hydrogen-bond acceptors (Lipinski definition) is 9. The Morgan fingerprint density at radius 3 is 2.33 bits per heavy atom. The van der Waals surface area contributed by atoms with Gasteiger partial charge in [-0.15, -0.1) is 23.4 Å². The van der Waals surface area contributed by atoms with Crippen LogP contribution in [0, 0.1) is 0 Å². The fourth-order valence-electron chi connectivity index (χ4n) is 5.26. The third kappa shape index (κ3) is 7.78. The van der Waals surface area contributed by atoms with Crippen LogP contribution in [0.25, 0.3) is 5.57 Å². The van der Waals surface area contributed by atoms with E-state index in [1.807, 2.05) is 60.7 Å². The molecule has 0 radical (unpaired) electrons. The molecule has 4 aromatic rings. The van der Waals surface area contributed by atoms with Crippen LogP contribution >= 0.6 is 57.9 Å². The van der Waals surface area contributed by atoms with Crippen molar-refractivity contribution in [3.8, 4) is 0 Å². The number of benzene rings is 3. The monoisotopic (exact) mass is 774 g/mol. The summed E-state index contributed by atoms with van der Waals surface area (Å²) in [5, 5.41) is 5.15. The van der Waals surface area contributed by atoms with Gasteiger partial charge in [-0.1, -0.05) is 95.2 Å². The predicted octanol–water partition coefficient (Wildman–Crippen LogP) is 5.88. The molecule has 1 saturated heterocycles. The number of aromatic nitrogens is 1. The number of β-lactam (4-membered cyclic amide) rings is 1. The maximum absolute atomic E-state index is 14.3. The van der Waals surface area contributed by atoms with Gasteiger partial charge in [-0.3, -0.25) is 19.3 Å². The lowest BCUT2D eigenvalue weighted by molar-refractivity contribution is -0.154. The molecule has 0 spiro atoms. The van der Waals surface area contributed by atoms with Crippen molar-refractivity contribution in [2.45, 2.75) is 22.4 Å². The number of alkyl halides is 1. The van der Waals surface area contributed by atoms with Crippen LogP contribution in [0.2, 0.25) is 10.0 Å². The van der Waals surface area contributed by atoms with Gasteiger partial charge >= 0.3 is 5.97 Å². The van der Waals surface area contributed by atoms with Crippen LogP contribution in [-0.2, 0) is 35.1 Å². The van der Waals surface area contributed by atoms with Crippen LogP contribution in [0.3, 0.4) is 0 Å². The van der Waals surface area contributed by atoms with E-state index in [4.69, 9.17) is 39.5 Å². The number of carbonyl (C=O) groups is 4. The lowest BCUT2D eigenvalue weighted by Crippen LogP contribution is -2.74. The smallest absolute Gasteiger partial charge is 0.356 e. The molecule has 16 heteroatoms. The van der Waals surface area contributed by atoms with Crippen molar-refractivity contribution in [3.63, 3.8) is 0 Å². The fourth-order valence-corrected chi connectivity index (χ4v) is 9.08. The van der Waals surface area contributed by atoms with Gasteiger partial charge in [0, 0.05) is 11.1 Å². The molecule has 3 unspecified atom stereocenters. The average Bonchev–Trinajstić information content (AvgIpc) is 3.58. The summed E-state index contributed by atoms with van der Waals surface area (Å²) in [5.74, 6) is -2.89. The summed E-state index contributed by atoms with van der Waals surface area (Å²) in [6, 6.07) is 22.1. The molecule has 3 aromatic carbocycles. The second-order valence-electron chi connectivity index (χ2n) is 10.7. The zero-order valence-electron chi connectivity index (χ0n) is 25.1. The molecule has 6 rings (SSSR count). The normalized spacial score (nSPS) is 18.5. The molecule has 2 aliphatic heterocycles. The number of carbonyl (C=O) groups excluding carboxylic acids is 4. The van der Waals surface area contributed by atoms with Gasteiger partial charge < -0.3 is 19.9 Å². The van der Waals surface area contributed by atoms with Crippen molar-refractivity contribution >= 4 is 103 Å². The minimum absolute atomic E-state index is 0.0510. The van der Waals surface area contributed by atoms with Crippen LogP contribution in [0.15, 0.2) is 95.7 Å². The van der Waals surface area contributed by atoms with Gasteiger partial charge in [0.25, 0.3) is 5.91 Å². The quantitative estimate of drug-likeness (QED) is 0.0634. The molecule has 252 valence electrons. The number of nitrogens with zero attached hydrogens (tertiary/aromatic N) is 2. The van der Waals surface area contributed by atoms with E-state index in [1.54, 1.807) is 18.2 Å². The standard InChI is InChI=1S/C33H25Cl3N4O6S3/c34-14-25(41)39-33-37-15-24(48-33)21-17-49(45)31-27(38-26(42)16-47-20-11-12-22(35)23(36)13-20)30(43)40(31)28(21)32(44)46-29(18-7-3-1-4-8-18)19-9-5-2-6-10-19/h1-13,15,27,29,31H,14,16-17H2,(H,38,42)(H,37,39,41). The molecule has 3 heterocycles. The molecule has 2 N–H and O–H groups in total. The SMILES string of the molecule is O=C(CCl)Nc1ncc(C2=C(C(=O)OC(c3ccccc3)c3ccccc3)N3C(=O)C(NC(=O)CSc4ccc(Cl)c(Cl)c4)C3[S+]([O-])C2)s1. The number of hydrogen-bond donors (Lipinski definition) is 2. The van der Waals surface area contributed by atoms with Crippen molar-refractivity contribution in [1.82, 2.24) is 15.2 Å². The minimum atomic E-state index is -1.74. The first kappa shape index (κ1) is 35.3. The summed E-state index contributed by atoms with van der Waals surface area (Å²) in [4.78, 5) is 59.3. The number of thiazole rings is 1. The minimum Gasteiger partial charge on any atom is -0.614 e. The summed E-state index contributed by atoms with van der Waals surface area (Å²) in [5.41, 5.74) is 1.55. The van der Waals surface area contributed by atoms with Gasteiger partial charge in [0.15, 0.2) is 17.3 Å². The zero-order chi connectivity index (χ0) is 34.7. The number of thioether (sulfide) groups is 1. The summed E-state index contributed by atoms with van der Waals surface area (Å²) >= 11 is 18.2. The zero-order valence-corrected chi connectivity index (χ0v) is 29.9. The third-order valence-electron chi connectivity index (χ3n) is 7.50. The summed E-state index contributed by atoms with van der Waals surface area (Å²) in [6.07, 6.45) is 0.587. The Balaban J connectivity index is 1.30. The molecule has 3 atom stereocenters. The second-order valence-corrected chi connectivity index (χ2v) is 15.4. The maximum Gasteiger partial charge on any atom is 0.356 e. The lowest BCUT2D eigenvalue weighted by atomic mass is 10.0. The Hall–Kier alpha value is -3.56. The summed E-state index contributed by atoms with van der Waals surface area (Å²) in [7, 11) is 0. The van der Waals surface area contributed by atoms with Crippen LogP contribution in [0.5, 0.6) is 0 Å². The first-order chi connectivity index (χ1) is 23.6. The molecule has 3 amide bonds. The van der Waals surface area contributed by atoms with Crippen molar-refractivity contribution in [2.24, 2.45) is 0 Å². The first-order valence-corrected chi connectivity index (χ1v) is 19.1. The van der Waals surface area contributed by atoms with E-state index in [2.05, 4.69) is 15.6 Å². The van der Waals surface area contributed by atoms with Gasteiger partial charge in [-0.05, 0) is 40.5 Å². The van der Waals surface area contributed by atoms with Crippen molar-refractivity contribution in [2.75, 3.05) is 22.7 Å². The molecule has 1 fully saturated rings. The van der Waals surface area contributed by atoms with E-state index in [1.165, 1.54) is 18.0 Å². The first-order valence-electron chi connectivity index (χ1n) is 14.6.